The zero-order valence-electron chi connectivity index (χ0n) is 9.95. The Morgan fingerprint density at radius 2 is 2.24 bits per heavy atom. The van der Waals surface area contributed by atoms with Gasteiger partial charge in [-0.2, -0.15) is 0 Å². The molecule has 1 amide bonds. The van der Waals surface area contributed by atoms with Crippen molar-refractivity contribution in [3.05, 3.63) is 29.3 Å². The van der Waals surface area contributed by atoms with Crippen LogP contribution < -0.4 is 11.1 Å². The molecule has 3 N–H and O–H groups in total. The Kier molecular flexibility index (Phi) is 4.90. The first-order valence-electron chi connectivity index (χ1n) is 5.38. The van der Waals surface area contributed by atoms with Gasteiger partial charge in [0.2, 0.25) is 0 Å². The monoisotopic (exact) mass is 252 g/mol. The molecule has 0 spiro atoms. The van der Waals surface area contributed by atoms with Gasteiger partial charge in [-0.1, -0.05) is 31.3 Å². The highest BCUT2D eigenvalue weighted by molar-refractivity contribution is 7.80. The maximum Gasteiger partial charge on any atom is 0.411 e. The lowest BCUT2D eigenvalue weighted by atomic mass is 10.1. The summed E-state index contributed by atoms with van der Waals surface area (Å²) in [5.74, 6) is 0. The lowest BCUT2D eigenvalue weighted by Gasteiger charge is -2.10. The fourth-order valence-electron chi connectivity index (χ4n) is 1.25. The first-order chi connectivity index (χ1) is 8.04. The van der Waals surface area contributed by atoms with Crippen molar-refractivity contribution in [2.75, 3.05) is 11.9 Å². The highest BCUT2D eigenvalue weighted by atomic mass is 32.1. The summed E-state index contributed by atoms with van der Waals surface area (Å²) in [5.41, 5.74) is 7.84. The highest BCUT2D eigenvalue weighted by Crippen LogP contribution is 2.17. The number of carbonyl (C=O) groups is 1. The third kappa shape index (κ3) is 4.03. The van der Waals surface area contributed by atoms with E-state index in [1.165, 1.54) is 0 Å². The van der Waals surface area contributed by atoms with Gasteiger partial charge in [-0.15, -0.1) is 0 Å². The maximum atomic E-state index is 11.4. The van der Waals surface area contributed by atoms with Crippen LogP contribution in [0.4, 0.5) is 10.5 Å². The summed E-state index contributed by atoms with van der Waals surface area (Å²) in [6.45, 7) is 4.23. The Bertz CT molecular complexity index is 433. The Balaban J connectivity index is 2.79. The molecule has 0 atom stereocenters. The van der Waals surface area contributed by atoms with Gasteiger partial charge in [0.15, 0.2) is 0 Å². The number of nitrogens with two attached hydrogens (primary N) is 1. The molecular weight excluding hydrogens is 236 g/mol. The van der Waals surface area contributed by atoms with E-state index in [1.807, 2.05) is 26.0 Å². The number of hydrogen-bond donors (Lipinski definition) is 2. The topological polar surface area (TPSA) is 64.3 Å². The molecule has 0 heterocycles. The second kappa shape index (κ2) is 6.20. The molecule has 0 aliphatic heterocycles. The molecule has 17 heavy (non-hydrogen) atoms. The largest absolute Gasteiger partial charge is 0.449 e. The first-order valence-corrected chi connectivity index (χ1v) is 5.79. The molecule has 0 radical (unpaired) electrons. The van der Waals surface area contributed by atoms with Crippen LogP contribution in [0.1, 0.15) is 24.5 Å². The van der Waals surface area contributed by atoms with Crippen LogP contribution in [0.15, 0.2) is 18.2 Å². The molecule has 4 nitrogen and oxygen atoms in total. The average molecular weight is 252 g/mol. The van der Waals surface area contributed by atoms with Crippen LogP contribution in [0.25, 0.3) is 0 Å². The summed E-state index contributed by atoms with van der Waals surface area (Å²) in [7, 11) is 0. The Morgan fingerprint density at radius 3 is 2.82 bits per heavy atom. The van der Waals surface area contributed by atoms with Crippen molar-refractivity contribution in [2.24, 2.45) is 5.73 Å². The molecule has 0 saturated carbocycles. The third-order valence-corrected chi connectivity index (χ3v) is 2.43. The maximum absolute atomic E-state index is 11.4. The molecule has 0 fully saturated rings. The van der Waals surface area contributed by atoms with E-state index in [4.69, 9.17) is 22.7 Å². The van der Waals surface area contributed by atoms with Gasteiger partial charge < -0.3 is 10.5 Å². The molecule has 1 aromatic carbocycles. The van der Waals surface area contributed by atoms with Crippen molar-refractivity contribution in [1.29, 1.82) is 0 Å². The van der Waals surface area contributed by atoms with E-state index in [-0.39, 0.29) is 0 Å². The van der Waals surface area contributed by atoms with Gasteiger partial charge in [-0.25, -0.2) is 4.79 Å². The SMILES string of the molecule is CCCOC(=O)Nc1cc(C(N)=S)ccc1C. The fourth-order valence-corrected chi connectivity index (χ4v) is 1.38. The van der Waals surface area contributed by atoms with Crippen molar-refractivity contribution < 1.29 is 9.53 Å². The number of amides is 1. The predicted octanol–water partition coefficient (Wildman–Crippen LogP) is 2.59. The minimum absolute atomic E-state index is 0.301. The van der Waals surface area contributed by atoms with Crippen LogP contribution in [0.5, 0.6) is 0 Å². The van der Waals surface area contributed by atoms with Gasteiger partial charge in [-0.3, -0.25) is 5.32 Å². The summed E-state index contributed by atoms with van der Waals surface area (Å²) in [4.78, 5) is 11.7. The molecule has 92 valence electrons. The predicted molar refractivity (Wildman–Crippen MR) is 72.3 cm³/mol. The molecule has 0 bridgehead atoms. The van der Waals surface area contributed by atoms with Gasteiger partial charge in [0.05, 0.1) is 6.61 Å². The standard InChI is InChI=1S/C12H16N2O2S/c1-3-6-16-12(15)14-10-7-9(11(13)17)5-4-8(10)2/h4-5,7H,3,6H2,1-2H3,(H2,13,17)(H,14,15). The summed E-state index contributed by atoms with van der Waals surface area (Å²) in [5, 5.41) is 2.66. The molecule has 0 saturated heterocycles. The Morgan fingerprint density at radius 1 is 1.53 bits per heavy atom. The second-order valence-corrected chi connectivity index (χ2v) is 4.09. The summed E-state index contributed by atoms with van der Waals surface area (Å²) in [6, 6.07) is 5.41. The van der Waals surface area contributed by atoms with Crippen LogP contribution in [-0.4, -0.2) is 17.7 Å². The van der Waals surface area contributed by atoms with E-state index in [9.17, 15) is 4.79 Å². The quantitative estimate of drug-likeness (QED) is 0.808. The number of thiocarbonyl (C=S) groups is 1. The number of anilines is 1. The van der Waals surface area contributed by atoms with Gasteiger partial charge in [-0.05, 0) is 25.0 Å². The first kappa shape index (κ1) is 13.4. The minimum atomic E-state index is -0.463. The van der Waals surface area contributed by atoms with Crippen LogP contribution >= 0.6 is 12.2 Å². The number of carbonyl (C=O) groups excluding carboxylic acids is 1. The Hall–Kier alpha value is -1.62. The van der Waals surface area contributed by atoms with Crippen molar-refractivity contribution in [2.45, 2.75) is 20.3 Å². The van der Waals surface area contributed by atoms with E-state index in [0.717, 1.165) is 17.5 Å². The van der Waals surface area contributed by atoms with Crippen molar-refractivity contribution in [3.63, 3.8) is 0 Å². The van der Waals surface area contributed by atoms with E-state index in [0.29, 0.717) is 17.3 Å². The summed E-state index contributed by atoms with van der Waals surface area (Å²) >= 11 is 4.88. The smallest absolute Gasteiger partial charge is 0.411 e. The van der Waals surface area contributed by atoms with Gasteiger partial charge in [0, 0.05) is 11.3 Å². The van der Waals surface area contributed by atoms with Crippen molar-refractivity contribution in [3.8, 4) is 0 Å². The molecule has 1 aromatic rings. The fraction of sp³-hybridized carbons (Fsp3) is 0.333. The van der Waals surface area contributed by atoms with Gasteiger partial charge in [0.25, 0.3) is 0 Å². The molecular formula is C12H16N2O2S. The van der Waals surface area contributed by atoms with Gasteiger partial charge in [0.1, 0.15) is 4.99 Å². The average Bonchev–Trinajstić information content (AvgIpc) is 2.29. The summed E-state index contributed by atoms with van der Waals surface area (Å²) in [6.07, 6.45) is 0.328. The van der Waals surface area contributed by atoms with Crippen LogP contribution in [0.2, 0.25) is 0 Å². The number of ether oxygens (including phenoxy) is 1. The zero-order valence-corrected chi connectivity index (χ0v) is 10.8. The molecule has 1 rings (SSSR count). The summed E-state index contributed by atoms with van der Waals surface area (Å²) < 4.78 is 4.94. The molecule has 0 aliphatic rings. The number of nitrogens with one attached hydrogen (secondary N) is 1. The lowest BCUT2D eigenvalue weighted by Crippen LogP contribution is -2.16. The van der Waals surface area contributed by atoms with E-state index in [2.05, 4.69) is 5.32 Å². The van der Waals surface area contributed by atoms with Crippen LogP contribution in [0, 0.1) is 6.92 Å². The van der Waals surface area contributed by atoms with E-state index >= 15 is 0 Å². The number of aryl methyl sites for hydroxylation is 1. The molecule has 5 heteroatoms. The lowest BCUT2D eigenvalue weighted by molar-refractivity contribution is 0.161. The molecule has 0 aliphatic carbocycles. The van der Waals surface area contributed by atoms with Crippen molar-refractivity contribution in [1.82, 2.24) is 0 Å². The second-order valence-electron chi connectivity index (χ2n) is 3.65. The normalized spacial score (nSPS) is 9.76. The molecule has 0 aromatic heterocycles. The number of benzene rings is 1. The van der Waals surface area contributed by atoms with E-state index in [1.54, 1.807) is 6.07 Å². The highest BCUT2D eigenvalue weighted by Gasteiger charge is 2.07. The van der Waals surface area contributed by atoms with Crippen LogP contribution in [0.3, 0.4) is 0 Å². The molecule has 0 unspecified atom stereocenters. The number of hydrogen-bond acceptors (Lipinski definition) is 3. The number of rotatable bonds is 4. The Labute approximate surface area is 106 Å². The van der Waals surface area contributed by atoms with Crippen LogP contribution in [-0.2, 0) is 4.74 Å². The van der Waals surface area contributed by atoms with Gasteiger partial charge >= 0.3 is 6.09 Å². The third-order valence-electron chi connectivity index (χ3n) is 2.20. The minimum Gasteiger partial charge on any atom is -0.449 e. The van der Waals surface area contributed by atoms with Crippen molar-refractivity contribution >= 4 is 29.0 Å². The van der Waals surface area contributed by atoms with E-state index < -0.39 is 6.09 Å². The zero-order chi connectivity index (χ0) is 12.8.